The predicted molar refractivity (Wildman–Crippen MR) is 131 cm³/mol. The Hall–Kier alpha value is -2.71. The van der Waals surface area contributed by atoms with E-state index in [1.54, 1.807) is 33.2 Å². The Morgan fingerprint density at radius 1 is 1.28 bits per heavy atom. The number of nitrogens with one attached hydrogen (secondary N) is 2. The van der Waals surface area contributed by atoms with Crippen LogP contribution in [0.25, 0.3) is 6.08 Å². The number of aromatic amines is 1. The minimum Gasteiger partial charge on any atom is -0.385 e. The van der Waals surface area contributed by atoms with Crippen LogP contribution >= 0.6 is 0 Å². The van der Waals surface area contributed by atoms with Crippen molar-refractivity contribution in [1.29, 1.82) is 0 Å². The summed E-state index contributed by atoms with van der Waals surface area (Å²) in [6.07, 6.45) is 6.80. The number of anilines is 1. The SMILES string of the molecule is C=C(C)/C(=C\c1c(N/N=C\C)cc(=O)[nH]c1C)C(=O)N1CCN(CCCCCOC)CC1. The van der Waals surface area contributed by atoms with Gasteiger partial charge in [0.15, 0.2) is 0 Å². The number of nitrogens with zero attached hydrogens (tertiary/aromatic N) is 3. The summed E-state index contributed by atoms with van der Waals surface area (Å²) in [6.45, 7) is 14.4. The van der Waals surface area contributed by atoms with Crippen molar-refractivity contribution < 1.29 is 9.53 Å². The molecule has 1 aromatic heterocycles. The van der Waals surface area contributed by atoms with Gasteiger partial charge in [-0.3, -0.25) is 19.9 Å². The van der Waals surface area contributed by atoms with Crippen molar-refractivity contribution >= 4 is 23.9 Å². The fourth-order valence-electron chi connectivity index (χ4n) is 3.73. The van der Waals surface area contributed by atoms with Crippen LogP contribution in [0.4, 0.5) is 5.69 Å². The van der Waals surface area contributed by atoms with Crippen LogP contribution in [0.2, 0.25) is 0 Å². The quantitative estimate of drug-likeness (QED) is 0.180. The number of unbranched alkanes of at least 4 members (excludes halogenated alkanes) is 2. The standard InChI is InChI=1S/C24H37N5O3/c1-6-25-27-22-17-23(30)26-19(4)21(22)16-20(18(2)3)24(31)29-13-11-28(12-14-29)10-8-7-9-15-32-5/h6,16-17H,2,7-15H2,1,3-5H3,(H2,26,27,30)/b20-16+,25-6-. The average molecular weight is 444 g/mol. The Labute approximate surface area is 191 Å². The van der Waals surface area contributed by atoms with Crippen molar-refractivity contribution in [3.63, 3.8) is 0 Å². The zero-order chi connectivity index (χ0) is 23.5. The number of carbonyl (C=O) groups is 1. The van der Waals surface area contributed by atoms with E-state index in [-0.39, 0.29) is 11.5 Å². The first-order valence-corrected chi connectivity index (χ1v) is 11.2. The van der Waals surface area contributed by atoms with E-state index in [0.29, 0.717) is 35.6 Å². The number of hydrogen-bond acceptors (Lipinski definition) is 6. The number of rotatable bonds is 11. The van der Waals surface area contributed by atoms with E-state index < -0.39 is 0 Å². The molecule has 1 saturated heterocycles. The van der Waals surface area contributed by atoms with E-state index in [0.717, 1.165) is 51.1 Å². The molecule has 0 saturated carbocycles. The van der Waals surface area contributed by atoms with Crippen LogP contribution in [-0.2, 0) is 9.53 Å². The van der Waals surface area contributed by atoms with Gasteiger partial charge in [-0.1, -0.05) is 6.58 Å². The zero-order valence-electron chi connectivity index (χ0n) is 19.9. The Kier molecular flexibility index (Phi) is 10.4. The highest BCUT2D eigenvalue weighted by molar-refractivity contribution is 6.02. The molecule has 8 nitrogen and oxygen atoms in total. The largest absolute Gasteiger partial charge is 0.385 e. The highest BCUT2D eigenvalue weighted by atomic mass is 16.5. The van der Waals surface area contributed by atoms with Crippen LogP contribution in [0.15, 0.2) is 33.7 Å². The van der Waals surface area contributed by atoms with Gasteiger partial charge in [0, 0.05) is 69.0 Å². The van der Waals surface area contributed by atoms with E-state index in [9.17, 15) is 9.59 Å². The molecule has 176 valence electrons. The maximum absolute atomic E-state index is 13.3. The molecule has 2 rings (SSSR count). The molecule has 8 heteroatoms. The lowest BCUT2D eigenvalue weighted by Crippen LogP contribution is -2.49. The number of hydrogen-bond donors (Lipinski definition) is 2. The van der Waals surface area contributed by atoms with E-state index in [2.05, 4.69) is 27.0 Å². The maximum Gasteiger partial charge on any atom is 0.254 e. The number of hydrazone groups is 1. The Bertz CT molecular complexity index is 895. The molecule has 0 aliphatic carbocycles. The van der Waals surface area contributed by atoms with Crippen molar-refractivity contribution in [1.82, 2.24) is 14.8 Å². The summed E-state index contributed by atoms with van der Waals surface area (Å²) in [6, 6.07) is 1.44. The van der Waals surface area contributed by atoms with Gasteiger partial charge in [-0.2, -0.15) is 5.10 Å². The Balaban J connectivity index is 2.11. The Morgan fingerprint density at radius 3 is 2.62 bits per heavy atom. The summed E-state index contributed by atoms with van der Waals surface area (Å²) in [5, 5.41) is 4.03. The van der Waals surface area contributed by atoms with E-state index in [4.69, 9.17) is 4.74 Å². The predicted octanol–water partition coefficient (Wildman–Crippen LogP) is 3.02. The zero-order valence-corrected chi connectivity index (χ0v) is 19.9. The lowest BCUT2D eigenvalue weighted by molar-refractivity contribution is -0.128. The number of piperazine rings is 1. The third-order valence-corrected chi connectivity index (χ3v) is 5.56. The summed E-state index contributed by atoms with van der Waals surface area (Å²) >= 11 is 0. The van der Waals surface area contributed by atoms with Crippen LogP contribution in [0.5, 0.6) is 0 Å². The Morgan fingerprint density at radius 2 is 2.00 bits per heavy atom. The molecule has 1 aliphatic heterocycles. The van der Waals surface area contributed by atoms with Crippen molar-refractivity contribution in [2.24, 2.45) is 5.10 Å². The number of carbonyl (C=O) groups excluding carboxylic acids is 1. The molecule has 0 unspecified atom stereocenters. The molecule has 1 fully saturated rings. The second-order valence-electron chi connectivity index (χ2n) is 8.11. The third kappa shape index (κ3) is 7.46. The van der Waals surface area contributed by atoms with Gasteiger partial charge in [-0.15, -0.1) is 0 Å². The molecule has 2 N–H and O–H groups in total. The number of ether oxygens (including phenoxy) is 1. The van der Waals surface area contributed by atoms with Crippen LogP contribution in [0.3, 0.4) is 0 Å². The van der Waals surface area contributed by atoms with E-state index in [1.807, 2.05) is 11.8 Å². The first kappa shape index (κ1) is 25.5. The number of methoxy groups -OCH3 is 1. The summed E-state index contributed by atoms with van der Waals surface area (Å²) in [4.78, 5) is 32.3. The lowest BCUT2D eigenvalue weighted by Gasteiger charge is -2.35. The molecule has 32 heavy (non-hydrogen) atoms. The second-order valence-corrected chi connectivity index (χ2v) is 8.11. The van der Waals surface area contributed by atoms with Gasteiger partial charge in [0.25, 0.3) is 5.91 Å². The van der Waals surface area contributed by atoms with Gasteiger partial charge < -0.3 is 14.6 Å². The second kappa shape index (κ2) is 13.0. The molecular formula is C24H37N5O3. The number of pyridine rings is 1. The molecule has 1 aliphatic rings. The molecule has 1 amide bonds. The summed E-state index contributed by atoms with van der Waals surface area (Å²) < 4.78 is 5.10. The van der Waals surface area contributed by atoms with Crippen molar-refractivity contribution in [3.05, 3.63) is 45.4 Å². The van der Waals surface area contributed by atoms with Gasteiger partial charge in [0.05, 0.1) is 5.69 Å². The van der Waals surface area contributed by atoms with Gasteiger partial charge in [0.1, 0.15) is 0 Å². The smallest absolute Gasteiger partial charge is 0.254 e. The summed E-state index contributed by atoms with van der Waals surface area (Å²) in [5.74, 6) is -0.0345. The highest BCUT2D eigenvalue weighted by Gasteiger charge is 2.24. The minimum atomic E-state index is -0.227. The third-order valence-electron chi connectivity index (χ3n) is 5.56. The first-order chi connectivity index (χ1) is 15.4. The monoisotopic (exact) mass is 443 g/mol. The fourth-order valence-corrected chi connectivity index (χ4v) is 3.73. The van der Waals surface area contributed by atoms with Gasteiger partial charge in [-0.25, -0.2) is 0 Å². The first-order valence-electron chi connectivity index (χ1n) is 11.2. The van der Waals surface area contributed by atoms with Gasteiger partial charge in [-0.05, 0) is 58.2 Å². The van der Waals surface area contributed by atoms with Crippen molar-refractivity contribution in [3.8, 4) is 0 Å². The molecule has 0 radical (unpaired) electrons. The summed E-state index contributed by atoms with van der Waals surface area (Å²) in [5.41, 5.74) is 5.81. The molecule has 0 atom stereocenters. The highest BCUT2D eigenvalue weighted by Crippen LogP contribution is 2.24. The number of aromatic nitrogens is 1. The molecule has 2 heterocycles. The van der Waals surface area contributed by atoms with Crippen molar-refractivity contribution in [2.45, 2.75) is 40.0 Å². The lowest BCUT2D eigenvalue weighted by atomic mass is 10.0. The van der Waals surface area contributed by atoms with Crippen LogP contribution in [0, 0.1) is 6.92 Å². The fraction of sp³-hybridized carbons (Fsp3) is 0.542. The average Bonchev–Trinajstić information content (AvgIpc) is 2.76. The summed E-state index contributed by atoms with van der Waals surface area (Å²) in [7, 11) is 1.73. The van der Waals surface area contributed by atoms with Gasteiger partial charge in [0.2, 0.25) is 5.56 Å². The van der Waals surface area contributed by atoms with Crippen LogP contribution in [0.1, 0.15) is 44.4 Å². The number of aryl methyl sites for hydroxylation is 1. The molecule has 0 bridgehead atoms. The topological polar surface area (TPSA) is 90.0 Å². The van der Waals surface area contributed by atoms with Crippen molar-refractivity contribution in [2.75, 3.05) is 51.9 Å². The van der Waals surface area contributed by atoms with Gasteiger partial charge >= 0.3 is 0 Å². The normalized spacial score (nSPS) is 15.4. The maximum atomic E-state index is 13.3. The number of amides is 1. The number of H-pyrrole nitrogens is 1. The molecule has 0 spiro atoms. The van der Waals surface area contributed by atoms with E-state index in [1.165, 1.54) is 6.07 Å². The molecule has 0 aromatic carbocycles. The molecule has 1 aromatic rings. The van der Waals surface area contributed by atoms with E-state index >= 15 is 0 Å². The minimum absolute atomic E-state index is 0.0345. The van der Waals surface area contributed by atoms with Crippen LogP contribution < -0.4 is 11.0 Å². The van der Waals surface area contributed by atoms with Crippen LogP contribution in [-0.4, -0.2) is 73.3 Å². The molecular weight excluding hydrogens is 406 g/mol.